The van der Waals surface area contributed by atoms with Crippen LogP contribution in [0.2, 0.25) is 0 Å². The largest absolute Gasteiger partial charge is 0.294 e. The SMILES string of the molecule is O=C(Cc1cc2c(ccc3ccccc32)c(CC(=O)c2ccccc2-c2ccccc2)c1CC(=O)c1ccccc1-c1ccccc1)c1ccccc1-c1ccccc1. The molecule has 0 fully saturated rings. The van der Waals surface area contributed by atoms with Crippen LogP contribution >= 0.6 is 0 Å². The number of benzene rings is 9. The van der Waals surface area contributed by atoms with E-state index in [2.05, 4.69) is 30.3 Å². The van der Waals surface area contributed by atoms with E-state index in [-0.39, 0.29) is 36.6 Å². The number of carbonyl (C=O) groups is 3. The second-order valence-electron chi connectivity index (χ2n) is 14.9. The lowest BCUT2D eigenvalue weighted by molar-refractivity contribution is 0.0976. The maximum atomic E-state index is 14.9. The minimum absolute atomic E-state index is 0.0124. The van der Waals surface area contributed by atoms with Crippen molar-refractivity contribution in [1.29, 1.82) is 0 Å². The van der Waals surface area contributed by atoms with Crippen LogP contribution in [-0.2, 0) is 19.3 Å². The summed E-state index contributed by atoms with van der Waals surface area (Å²) in [6.07, 6.45) is 0.108. The number of hydrogen-bond acceptors (Lipinski definition) is 3. The molecule has 0 aromatic heterocycles. The van der Waals surface area contributed by atoms with Crippen LogP contribution in [0.3, 0.4) is 0 Å². The molecular formula is C56H40O3. The molecule has 0 unspecified atom stereocenters. The Labute approximate surface area is 344 Å². The summed E-state index contributed by atoms with van der Waals surface area (Å²) in [6, 6.07) is 67.4. The van der Waals surface area contributed by atoms with Gasteiger partial charge in [-0.3, -0.25) is 14.4 Å². The number of ketones is 3. The van der Waals surface area contributed by atoms with E-state index in [0.717, 1.165) is 71.6 Å². The molecule has 0 aliphatic carbocycles. The first-order chi connectivity index (χ1) is 29.0. The molecule has 0 aliphatic heterocycles. The van der Waals surface area contributed by atoms with Gasteiger partial charge in [-0.25, -0.2) is 0 Å². The first-order valence-electron chi connectivity index (χ1n) is 20.0. The Bertz CT molecular complexity index is 3000. The van der Waals surface area contributed by atoms with Gasteiger partial charge < -0.3 is 0 Å². The Morgan fingerprint density at radius 1 is 0.305 bits per heavy atom. The fourth-order valence-electron chi connectivity index (χ4n) is 8.48. The van der Waals surface area contributed by atoms with Gasteiger partial charge in [-0.1, -0.05) is 200 Å². The predicted molar refractivity (Wildman–Crippen MR) is 241 cm³/mol. The Morgan fingerprint density at radius 3 is 1.19 bits per heavy atom. The number of rotatable bonds is 12. The van der Waals surface area contributed by atoms with Crippen LogP contribution < -0.4 is 0 Å². The third-order valence-corrected chi connectivity index (χ3v) is 11.3. The Morgan fingerprint density at radius 2 is 0.695 bits per heavy atom. The molecule has 0 saturated carbocycles. The maximum Gasteiger partial charge on any atom is 0.167 e. The molecule has 9 aromatic rings. The minimum Gasteiger partial charge on any atom is -0.294 e. The second-order valence-corrected chi connectivity index (χ2v) is 14.9. The van der Waals surface area contributed by atoms with Crippen LogP contribution in [-0.4, -0.2) is 17.3 Å². The molecule has 0 spiro atoms. The van der Waals surface area contributed by atoms with E-state index in [9.17, 15) is 14.4 Å². The molecule has 282 valence electrons. The van der Waals surface area contributed by atoms with Crippen molar-refractivity contribution in [3.8, 4) is 33.4 Å². The van der Waals surface area contributed by atoms with Crippen LogP contribution in [0.25, 0.3) is 54.9 Å². The second kappa shape index (κ2) is 16.5. The Balaban J connectivity index is 1.24. The van der Waals surface area contributed by atoms with Gasteiger partial charge in [0.2, 0.25) is 0 Å². The monoisotopic (exact) mass is 760 g/mol. The van der Waals surface area contributed by atoms with Gasteiger partial charge in [-0.2, -0.15) is 0 Å². The van der Waals surface area contributed by atoms with Crippen molar-refractivity contribution in [3.63, 3.8) is 0 Å². The lowest BCUT2D eigenvalue weighted by Gasteiger charge is -2.20. The van der Waals surface area contributed by atoms with Gasteiger partial charge in [0.15, 0.2) is 17.3 Å². The molecule has 3 nitrogen and oxygen atoms in total. The standard InChI is InChI=1S/C56H40O3/c57-54(48-29-15-12-25-43(48)38-18-4-1-5-19-38)35-42-34-52-46-28-11-10-24-41(46)32-33-47(52)53(37-56(59)50-31-17-14-27-45(50)40-22-8-3-9-23-40)51(42)36-55(58)49-30-16-13-26-44(49)39-20-6-2-7-21-39/h1-34H,35-37H2. The zero-order chi connectivity index (χ0) is 40.1. The van der Waals surface area contributed by atoms with Gasteiger partial charge in [0.25, 0.3) is 0 Å². The number of hydrogen-bond donors (Lipinski definition) is 0. The van der Waals surface area contributed by atoms with E-state index in [1.807, 2.05) is 176 Å². The molecule has 0 aliphatic rings. The van der Waals surface area contributed by atoms with Crippen molar-refractivity contribution < 1.29 is 14.4 Å². The van der Waals surface area contributed by atoms with E-state index in [1.165, 1.54) is 0 Å². The molecule has 0 amide bonds. The zero-order valence-electron chi connectivity index (χ0n) is 32.5. The Hall–Kier alpha value is -7.49. The molecule has 0 bridgehead atoms. The van der Waals surface area contributed by atoms with E-state index in [1.54, 1.807) is 0 Å². The quantitative estimate of drug-likeness (QED) is 0.0920. The summed E-state index contributed by atoms with van der Waals surface area (Å²) in [5.74, 6) is -0.203. The van der Waals surface area contributed by atoms with Crippen molar-refractivity contribution in [1.82, 2.24) is 0 Å². The fourth-order valence-corrected chi connectivity index (χ4v) is 8.48. The molecular weight excluding hydrogens is 721 g/mol. The normalized spacial score (nSPS) is 11.1. The smallest absolute Gasteiger partial charge is 0.167 e. The van der Waals surface area contributed by atoms with Crippen molar-refractivity contribution in [2.75, 3.05) is 0 Å². The molecule has 0 atom stereocenters. The molecule has 0 N–H and O–H groups in total. The van der Waals surface area contributed by atoms with Gasteiger partial charge in [-0.05, 0) is 77.7 Å². The molecule has 0 heterocycles. The van der Waals surface area contributed by atoms with Gasteiger partial charge in [0.05, 0.1) is 0 Å². The third kappa shape index (κ3) is 7.55. The highest BCUT2D eigenvalue weighted by atomic mass is 16.1. The van der Waals surface area contributed by atoms with Gasteiger partial charge in [-0.15, -0.1) is 0 Å². The highest BCUT2D eigenvalue weighted by Crippen LogP contribution is 2.37. The van der Waals surface area contributed by atoms with Crippen LogP contribution in [0.15, 0.2) is 206 Å². The molecule has 3 heteroatoms. The summed E-state index contributed by atoms with van der Waals surface area (Å²) in [5.41, 5.74) is 9.45. The van der Waals surface area contributed by atoms with Crippen molar-refractivity contribution in [2.45, 2.75) is 19.3 Å². The fraction of sp³-hybridized carbons (Fsp3) is 0.0536. The average Bonchev–Trinajstić information content (AvgIpc) is 3.30. The van der Waals surface area contributed by atoms with Crippen LogP contribution in [0.1, 0.15) is 47.8 Å². The van der Waals surface area contributed by atoms with E-state index < -0.39 is 0 Å². The van der Waals surface area contributed by atoms with Crippen LogP contribution in [0, 0.1) is 0 Å². The van der Waals surface area contributed by atoms with Gasteiger partial charge in [0, 0.05) is 36.0 Å². The van der Waals surface area contributed by atoms with Crippen LogP contribution in [0.4, 0.5) is 0 Å². The van der Waals surface area contributed by atoms with Gasteiger partial charge >= 0.3 is 0 Å². The first-order valence-corrected chi connectivity index (χ1v) is 20.0. The van der Waals surface area contributed by atoms with Crippen molar-refractivity contribution in [2.24, 2.45) is 0 Å². The van der Waals surface area contributed by atoms with Crippen LogP contribution in [0.5, 0.6) is 0 Å². The van der Waals surface area contributed by atoms with E-state index in [4.69, 9.17) is 0 Å². The van der Waals surface area contributed by atoms with Crippen molar-refractivity contribution in [3.05, 3.63) is 240 Å². The van der Waals surface area contributed by atoms with E-state index >= 15 is 0 Å². The highest BCUT2D eigenvalue weighted by molar-refractivity contribution is 6.13. The van der Waals surface area contributed by atoms with E-state index in [0.29, 0.717) is 16.7 Å². The highest BCUT2D eigenvalue weighted by Gasteiger charge is 2.25. The zero-order valence-corrected chi connectivity index (χ0v) is 32.5. The van der Waals surface area contributed by atoms with Crippen molar-refractivity contribution >= 4 is 38.9 Å². The summed E-state index contributed by atoms with van der Waals surface area (Å²) in [6.45, 7) is 0. The summed E-state index contributed by atoms with van der Waals surface area (Å²) < 4.78 is 0. The summed E-state index contributed by atoms with van der Waals surface area (Å²) in [5, 5.41) is 3.92. The molecule has 0 radical (unpaired) electrons. The summed E-state index contributed by atoms with van der Waals surface area (Å²) in [4.78, 5) is 44.5. The van der Waals surface area contributed by atoms with Gasteiger partial charge in [0.1, 0.15) is 0 Å². The average molecular weight is 761 g/mol. The lowest BCUT2D eigenvalue weighted by atomic mass is 9.82. The minimum atomic E-state index is -0.0821. The third-order valence-electron chi connectivity index (χ3n) is 11.3. The summed E-state index contributed by atoms with van der Waals surface area (Å²) >= 11 is 0. The number of fused-ring (bicyclic) bond motifs is 3. The number of carbonyl (C=O) groups excluding carboxylic acids is 3. The molecule has 9 aromatic carbocycles. The summed E-state index contributed by atoms with van der Waals surface area (Å²) in [7, 11) is 0. The molecule has 59 heavy (non-hydrogen) atoms. The lowest BCUT2D eigenvalue weighted by Crippen LogP contribution is -2.16. The predicted octanol–water partition coefficient (Wildman–Crippen LogP) is 13.3. The Kier molecular flexibility index (Phi) is 10.4. The maximum absolute atomic E-state index is 14.9. The number of Topliss-reactive ketones (excluding diaryl/α,β-unsaturated/α-hetero) is 3. The molecule has 0 saturated heterocycles. The topological polar surface area (TPSA) is 51.2 Å². The first kappa shape index (κ1) is 37.1. The molecule has 9 rings (SSSR count).